The Bertz CT molecular complexity index is 1260. The van der Waals surface area contributed by atoms with Crippen LogP contribution in [0.15, 0.2) is 78.9 Å². The first-order valence-corrected chi connectivity index (χ1v) is 8.25. The highest BCUT2D eigenvalue weighted by atomic mass is 15.1. The Kier molecular flexibility index (Phi) is 2.94. The second-order valence-corrected chi connectivity index (χ2v) is 6.17. The molecule has 1 aromatic heterocycles. The molecule has 0 saturated carbocycles. The number of fused-ring (bicyclic) bond motifs is 4. The molecule has 2 N–H and O–H groups in total. The number of hydrogen-bond acceptors (Lipinski definition) is 3. The number of nitrogens with two attached hydrogens (primary N) is 1. The van der Waals surface area contributed by atoms with Gasteiger partial charge in [-0.2, -0.15) is 0 Å². The van der Waals surface area contributed by atoms with Gasteiger partial charge in [0, 0.05) is 10.9 Å². The van der Waals surface area contributed by atoms with Crippen molar-refractivity contribution in [2.75, 3.05) is 5.73 Å². The number of nitrogen functional groups attached to an aromatic ring is 1. The number of nitrogens with zero attached hydrogens (tertiary/aromatic N) is 2. The Morgan fingerprint density at radius 2 is 1.24 bits per heavy atom. The zero-order valence-electron chi connectivity index (χ0n) is 13.5. The van der Waals surface area contributed by atoms with Crippen LogP contribution >= 0.6 is 0 Å². The Morgan fingerprint density at radius 1 is 0.600 bits per heavy atom. The smallest absolute Gasteiger partial charge is 0.117 e. The summed E-state index contributed by atoms with van der Waals surface area (Å²) in [5, 5.41) is 14.5. The van der Waals surface area contributed by atoms with Crippen LogP contribution in [-0.4, -0.2) is 10.2 Å². The highest BCUT2D eigenvalue weighted by molar-refractivity contribution is 6.15. The van der Waals surface area contributed by atoms with Crippen molar-refractivity contribution in [2.24, 2.45) is 0 Å². The number of aromatic nitrogens is 2. The highest BCUT2D eigenvalue weighted by Crippen LogP contribution is 2.37. The lowest BCUT2D eigenvalue weighted by Crippen LogP contribution is -1.98. The fraction of sp³-hybridized carbons (Fsp3) is 0. The predicted molar refractivity (Wildman–Crippen MR) is 104 cm³/mol. The first-order chi connectivity index (χ1) is 12.3. The average Bonchev–Trinajstić information content (AvgIpc) is 2.68. The highest BCUT2D eigenvalue weighted by Gasteiger charge is 2.14. The summed E-state index contributed by atoms with van der Waals surface area (Å²) in [5.74, 6) is 0. The van der Waals surface area contributed by atoms with Crippen LogP contribution in [0.1, 0.15) is 0 Å². The van der Waals surface area contributed by atoms with Crippen molar-refractivity contribution in [2.45, 2.75) is 0 Å². The lowest BCUT2D eigenvalue weighted by Gasteiger charge is -2.12. The monoisotopic (exact) mass is 321 g/mol. The van der Waals surface area contributed by atoms with E-state index in [1.165, 1.54) is 16.2 Å². The van der Waals surface area contributed by atoms with Crippen LogP contribution in [0.25, 0.3) is 43.7 Å². The summed E-state index contributed by atoms with van der Waals surface area (Å²) in [7, 11) is 0. The van der Waals surface area contributed by atoms with Gasteiger partial charge in [0.15, 0.2) is 0 Å². The maximum absolute atomic E-state index is 6.48. The van der Waals surface area contributed by atoms with Gasteiger partial charge in [-0.05, 0) is 33.7 Å². The van der Waals surface area contributed by atoms with Crippen molar-refractivity contribution in [1.29, 1.82) is 0 Å². The molecular formula is C22H15N3. The molecule has 0 radical (unpaired) electrons. The van der Waals surface area contributed by atoms with Crippen LogP contribution in [-0.2, 0) is 0 Å². The minimum Gasteiger partial charge on any atom is -0.396 e. The minimum atomic E-state index is 0.672. The molecule has 0 aliphatic rings. The van der Waals surface area contributed by atoms with E-state index in [4.69, 9.17) is 5.73 Å². The van der Waals surface area contributed by atoms with E-state index in [2.05, 4.69) is 58.7 Å². The molecule has 0 fully saturated rings. The zero-order valence-corrected chi connectivity index (χ0v) is 13.5. The van der Waals surface area contributed by atoms with Gasteiger partial charge in [0.25, 0.3) is 0 Å². The molecule has 0 atom stereocenters. The van der Waals surface area contributed by atoms with Gasteiger partial charge >= 0.3 is 0 Å². The first kappa shape index (κ1) is 13.9. The molecule has 0 bridgehead atoms. The number of hydrogen-bond donors (Lipinski definition) is 1. The third-order valence-electron chi connectivity index (χ3n) is 4.73. The van der Waals surface area contributed by atoms with Crippen LogP contribution < -0.4 is 5.73 Å². The Labute approximate surface area is 144 Å². The predicted octanol–water partition coefficient (Wildman–Crippen LogP) is 5.19. The molecule has 3 nitrogen and oxygen atoms in total. The van der Waals surface area contributed by atoms with Crippen LogP contribution in [0, 0.1) is 0 Å². The van der Waals surface area contributed by atoms with Crippen molar-refractivity contribution in [3.8, 4) is 11.3 Å². The van der Waals surface area contributed by atoms with Gasteiger partial charge in [0.05, 0.1) is 11.2 Å². The van der Waals surface area contributed by atoms with Crippen LogP contribution in [0.4, 0.5) is 5.69 Å². The molecule has 0 spiro atoms. The molecule has 0 aliphatic heterocycles. The fourth-order valence-corrected chi connectivity index (χ4v) is 3.52. The van der Waals surface area contributed by atoms with Crippen LogP contribution in [0.2, 0.25) is 0 Å². The summed E-state index contributed by atoms with van der Waals surface area (Å²) >= 11 is 0. The molecule has 118 valence electrons. The standard InChI is InChI=1S/C22H15N3/c23-21-18-11-5-6-12-20(18)24-25-22(21)19-13-14-7-1-2-8-15(14)16-9-3-4-10-17(16)19/h1-13H,(H2,23,24). The number of rotatable bonds is 1. The van der Waals surface area contributed by atoms with E-state index in [0.717, 1.165) is 27.5 Å². The number of anilines is 1. The Hall–Kier alpha value is -3.46. The second-order valence-electron chi connectivity index (χ2n) is 6.17. The van der Waals surface area contributed by atoms with Gasteiger partial charge in [-0.1, -0.05) is 66.7 Å². The van der Waals surface area contributed by atoms with E-state index >= 15 is 0 Å². The van der Waals surface area contributed by atoms with E-state index in [-0.39, 0.29) is 0 Å². The van der Waals surface area contributed by atoms with Crippen molar-refractivity contribution in [3.05, 3.63) is 78.9 Å². The van der Waals surface area contributed by atoms with Gasteiger partial charge in [-0.3, -0.25) is 0 Å². The van der Waals surface area contributed by atoms with Gasteiger partial charge in [0.1, 0.15) is 5.69 Å². The normalized spacial score (nSPS) is 11.4. The van der Waals surface area contributed by atoms with E-state index in [1.807, 2.05) is 30.3 Å². The lowest BCUT2D eigenvalue weighted by molar-refractivity contribution is 1.09. The Morgan fingerprint density at radius 3 is 2.08 bits per heavy atom. The third-order valence-corrected chi connectivity index (χ3v) is 4.73. The molecule has 4 aromatic carbocycles. The SMILES string of the molecule is Nc1c(-c2cc3ccccc3c3ccccc23)nnc2ccccc12. The van der Waals surface area contributed by atoms with Gasteiger partial charge < -0.3 is 5.73 Å². The summed E-state index contributed by atoms with van der Waals surface area (Å²) in [5.41, 5.74) is 9.72. The summed E-state index contributed by atoms with van der Waals surface area (Å²) in [4.78, 5) is 0. The molecule has 1 heterocycles. The van der Waals surface area contributed by atoms with Crippen LogP contribution in [0.3, 0.4) is 0 Å². The molecule has 25 heavy (non-hydrogen) atoms. The molecule has 0 saturated heterocycles. The zero-order chi connectivity index (χ0) is 16.8. The molecule has 5 rings (SSSR count). The largest absolute Gasteiger partial charge is 0.396 e. The van der Waals surface area contributed by atoms with E-state index in [0.29, 0.717) is 5.69 Å². The summed E-state index contributed by atoms with van der Waals surface area (Å²) in [6.45, 7) is 0. The van der Waals surface area contributed by atoms with Crippen molar-refractivity contribution in [3.63, 3.8) is 0 Å². The Balaban J connectivity index is 1.93. The van der Waals surface area contributed by atoms with E-state index < -0.39 is 0 Å². The minimum absolute atomic E-state index is 0.672. The van der Waals surface area contributed by atoms with Crippen molar-refractivity contribution >= 4 is 38.1 Å². The molecule has 0 amide bonds. The molecule has 3 heteroatoms. The fourth-order valence-electron chi connectivity index (χ4n) is 3.52. The maximum atomic E-state index is 6.48. The van der Waals surface area contributed by atoms with Gasteiger partial charge in [0.2, 0.25) is 0 Å². The summed E-state index contributed by atoms with van der Waals surface area (Å²) in [6.07, 6.45) is 0. The number of benzene rings is 4. The molecule has 0 unspecified atom stereocenters. The van der Waals surface area contributed by atoms with E-state index in [9.17, 15) is 0 Å². The molecule has 0 aliphatic carbocycles. The van der Waals surface area contributed by atoms with Crippen molar-refractivity contribution in [1.82, 2.24) is 10.2 Å². The maximum Gasteiger partial charge on any atom is 0.117 e. The summed E-state index contributed by atoms with van der Waals surface area (Å²) < 4.78 is 0. The second kappa shape index (κ2) is 5.28. The quantitative estimate of drug-likeness (QED) is 0.432. The third kappa shape index (κ3) is 2.06. The lowest BCUT2D eigenvalue weighted by atomic mass is 9.94. The topological polar surface area (TPSA) is 51.8 Å². The van der Waals surface area contributed by atoms with Crippen LogP contribution in [0.5, 0.6) is 0 Å². The van der Waals surface area contributed by atoms with E-state index in [1.54, 1.807) is 0 Å². The molecular weight excluding hydrogens is 306 g/mol. The van der Waals surface area contributed by atoms with Gasteiger partial charge in [-0.25, -0.2) is 0 Å². The van der Waals surface area contributed by atoms with Gasteiger partial charge in [-0.15, -0.1) is 10.2 Å². The summed E-state index contributed by atoms with van der Waals surface area (Å²) in [6, 6.07) is 26.8. The first-order valence-electron chi connectivity index (χ1n) is 8.25. The molecule has 5 aromatic rings. The van der Waals surface area contributed by atoms with Crippen molar-refractivity contribution < 1.29 is 0 Å². The average molecular weight is 321 g/mol.